The maximum absolute atomic E-state index is 6.34. The lowest BCUT2D eigenvalue weighted by Crippen LogP contribution is -1.96. The standard InChI is InChI=1S/C28H17N3O/c1-3-13-24-18(8-1)19-9-2-4-14-25(19)31(24)26-16-15-21-20-10-7-11-22(23-12-5-6-17-29-23)27(20)32-28(21)30-26/h1-17H. The van der Waals surface area contributed by atoms with Crippen molar-refractivity contribution in [2.45, 2.75) is 0 Å². The van der Waals surface area contributed by atoms with Gasteiger partial charge in [0.2, 0.25) is 5.71 Å². The maximum Gasteiger partial charge on any atom is 0.229 e. The average molecular weight is 411 g/mol. The van der Waals surface area contributed by atoms with Gasteiger partial charge < -0.3 is 4.42 Å². The lowest BCUT2D eigenvalue weighted by Gasteiger charge is -2.06. The second kappa shape index (κ2) is 6.53. The maximum atomic E-state index is 6.34. The fourth-order valence-corrected chi connectivity index (χ4v) is 4.69. The van der Waals surface area contributed by atoms with Crippen LogP contribution in [0.15, 0.2) is 108 Å². The van der Waals surface area contributed by atoms with Gasteiger partial charge in [-0.3, -0.25) is 9.55 Å². The molecule has 4 heterocycles. The van der Waals surface area contributed by atoms with Crippen LogP contribution in [-0.4, -0.2) is 14.5 Å². The van der Waals surface area contributed by atoms with Gasteiger partial charge in [-0.2, -0.15) is 4.98 Å². The van der Waals surface area contributed by atoms with Crippen LogP contribution >= 0.6 is 0 Å². The molecule has 7 rings (SSSR count). The lowest BCUT2D eigenvalue weighted by molar-refractivity contribution is 0.654. The van der Waals surface area contributed by atoms with Gasteiger partial charge in [0.15, 0.2) is 0 Å². The fraction of sp³-hybridized carbons (Fsp3) is 0. The Bertz CT molecular complexity index is 1720. The van der Waals surface area contributed by atoms with Crippen LogP contribution in [0.4, 0.5) is 0 Å². The van der Waals surface area contributed by atoms with Crippen LogP contribution in [0, 0.1) is 0 Å². The number of hydrogen-bond donors (Lipinski definition) is 0. The lowest BCUT2D eigenvalue weighted by atomic mass is 10.1. The minimum Gasteiger partial charge on any atom is -0.437 e. The van der Waals surface area contributed by atoms with E-state index in [2.05, 4.69) is 76.3 Å². The molecule has 0 aliphatic carbocycles. The van der Waals surface area contributed by atoms with E-state index < -0.39 is 0 Å². The zero-order chi connectivity index (χ0) is 21.1. The molecule has 0 saturated carbocycles. The van der Waals surface area contributed by atoms with E-state index in [9.17, 15) is 0 Å². The van der Waals surface area contributed by atoms with Gasteiger partial charge in [0.25, 0.3) is 0 Å². The first-order chi connectivity index (χ1) is 15.9. The summed E-state index contributed by atoms with van der Waals surface area (Å²) in [5.41, 5.74) is 5.56. The first-order valence-electron chi connectivity index (χ1n) is 10.6. The van der Waals surface area contributed by atoms with E-state index in [0.29, 0.717) is 5.71 Å². The Balaban J connectivity index is 1.52. The number of nitrogens with zero attached hydrogens (tertiary/aromatic N) is 3. The molecule has 0 aliphatic heterocycles. The number of hydrogen-bond acceptors (Lipinski definition) is 3. The monoisotopic (exact) mass is 411 g/mol. The van der Waals surface area contributed by atoms with Gasteiger partial charge in [-0.05, 0) is 42.5 Å². The van der Waals surface area contributed by atoms with Crippen molar-refractivity contribution in [1.82, 2.24) is 14.5 Å². The summed E-state index contributed by atoms with van der Waals surface area (Å²) in [6.07, 6.45) is 1.80. The predicted octanol–water partition coefficient (Wildman–Crippen LogP) is 7.14. The van der Waals surface area contributed by atoms with Crippen molar-refractivity contribution in [3.8, 4) is 17.1 Å². The Morgan fingerprint density at radius 2 is 1.31 bits per heavy atom. The molecular weight excluding hydrogens is 394 g/mol. The van der Waals surface area contributed by atoms with Crippen molar-refractivity contribution in [1.29, 1.82) is 0 Å². The number of benzene rings is 3. The number of rotatable bonds is 2. The molecule has 0 saturated heterocycles. The highest BCUT2D eigenvalue weighted by atomic mass is 16.3. The predicted molar refractivity (Wildman–Crippen MR) is 129 cm³/mol. The normalized spacial score (nSPS) is 11.8. The first-order valence-corrected chi connectivity index (χ1v) is 10.6. The molecule has 0 aliphatic rings. The van der Waals surface area contributed by atoms with Crippen molar-refractivity contribution in [3.63, 3.8) is 0 Å². The van der Waals surface area contributed by atoms with Crippen molar-refractivity contribution in [2.24, 2.45) is 0 Å². The number of furan rings is 1. The summed E-state index contributed by atoms with van der Waals surface area (Å²) in [6, 6.07) is 33.1. The molecule has 0 N–H and O–H groups in total. The Morgan fingerprint density at radius 1 is 0.594 bits per heavy atom. The second-order valence-electron chi connectivity index (χ2n) is 7.89. The molecule has 7 aromatic rings. The van der Waals surface area contributed by atoms with E-state index in [1.165, 1.54) is 10.8 Å². The minimum absolute atomic E-state index is 0.628. The summed E-state index contributed by atoms with van der Waals surface area (Å²) in [5, 5.41) is 4.48. The second-order valence-corrected chi connectivity index (χ2v) is 7.89. The quantitative estimate of drug-likeness (QED) is 0.304. The topological polar surface area (TPSA) is 43.9 Å². The van der Waals surface area contributed by atoms with E-state index in [4.69, 9.17) is 9.40 Å². The molecule has 4 nitrogen and oxygen atoms in total. The van der Waals surface area contributed by atoms with Gasteiger partial charge in [0.1, 0.15) is 11.4 Å². The minimum atomic E-state index is 0.628. The SMILES string of the molecule is c1ccc(-c2cccc3c2oc2nc(-n4c5ccccc5c5ccccc54)ccc23)nc1. The summed E-state index contributed by atoms with van der Waals surface area (Å²) in [4.78, 5) is 9.48. The molecule has 3 aromatic carbocycles. The van der Waals surface area contributed by atoms with Gasteiger partial charge in [0.05, 0.1) is 16.7 Å². The number of fused-ring (bicyclic) bond motifs is 6. The smallest absolute Gasteiger partial charge is 0.229 e. The highest BCUT2D eigenvalue weighted by Gasteiger charge is 2.16. The van der Waals surface area contributed by atoms with E-state index >= 15 is 0 Å². The van der Waals surface area contributed by atoms with E-state index in [0.717, 1.165) is 44.5 Å². The van der Waals surface area contributed by atoms with Crippen LogP contribution in [0.5, 0.6) is 0 Å². The van der Waals surface area contributed by atoms with Crippen LogP contribution < -0.4 is 0 Å². The van der Waals surface area contributed by atoms with Gasteiger partial charge in [-0.1, -0.05) is 54.6 Å². The zero-order valence-electron chi connectivity index (χ0n) is 17.1. The van der Waals surface area contributed by atoms with Crippen LogP contribution in [0.1, 0.15) is 0 Å². The fourth-order valence-electron chi connectivity index (χ4n) is 4.69. The van der Waals surface area contributed by atoms with Gasteiger partial charge in [-0.15, -0.1) is 0 Å². The van der Waals surface area contributed by atoms with Crippen LogP contribution in [-0.2, 0) is 0 Å². The Morgan fingerprint density at radius 3 is 2.06 bits per heavy atom. The van der Waals surface area contributed by atoms with Gasteiger partial charge in [-0.25, -0.2) is 0 Å². The summed E-state index contributed by atoms with van der Waals surface area (Å²) in [5.74, 6) is 0.841. The zero-order valence-corrected chi connectivity index (χ0v) is 17.1. The average Bonchev–Trinajstić information content (AvgIpc) is 3.40. The van der Waals surface area contributed by atoms with Crippen LogP contribution in [0.25, 0.3) is 61.0 Å². The third kappa shape index (κ3) is 2.38. The molecule has 0 spiro atoms. The highest BCUT2D eigenvalue weighted by molar-refractivity contribution is 6.10. The van der Waals surface area contributed by atoms with Crippen molar-refractivity contribution in [2.75, 3.05) is 0 Å². The van der Waals surface area contributed by atoms with Gasteiger partial charge in [0, 0.05) is 33.3 Å². The Labute approximate surface area is 183 Å². The molecule has 0 bridgehead atoms. The Kier molecular flexibility index (Phi) is 3.52. The molecule has 0 radical (unpaired) electrons. The molecule has 150 valence electrons. The van der Waals surface area contributed by atoms with Crippen molar-refractivity contribution in [3.05, 3.63) is 103 Å². The van der Waals surface area contributed by atoms with Crippen molar-refractivity contribution >= 4 is 43.9 Å². The summed E-state index contributed by atoms with van der Waals surface area (Å²) in [7, 11) is 0. The van der Waals surface area contributed by atoms with E-state index in [-0.39, 0.29) is 0 Å². The molecule has 0 fully saturated rings. The molecule has 0 atom stereocenters. The molecular formula is C28H17N3O. The number of pyridine rings is 2. The largest absolute Gasteiger partial charge is 0.437 e. The van der Waals surface area contributed by atoms with Crippen LogP contribution in [0.2, 0.25) is 0 Å². The molecule has 4 aromatic heterocycles. The van der Waals surface area contributed by atoms with E-state index in [1.54, 1.807) is 6.20 Å². The summed E-state index contributed by atoms with van der Waals surface area (Å²) < 4.78 is 8.54. The Hall–Kier alpha value is -4.44. The van der Waals surface area contributed by atoms with Crippen molar-refractivity contribution < 1.29 is 4.42 Å². The van der Waals surface area contributed by atoms with E-state index in [1.807, 2.05) is 30.3 Å². The highest BCUT2D eigenvalue weighted by Crippen LogP contribution is 2.36. The summed E-state index contributed by atoms with van der Waals surface area (Å²) in [6.45, 7) is 0. The van der Waals surface area contributed by atoms with Gasteiger partial charge >= 0.3 is 0 Å². The van der Waals surface area contributed by atoms with Crippen LogP contribution in [0.3, 0.4) is 0 Å². The number of aromatic nitrogens is 3. The third-order valence-corrected chi connectivity index (χ3v) is 6.10. The molecule has 0 amide bonds. The molecule has 32 heavy (non-hydrogen) atoms. The first kappa shape index (κ1) is 17.3. The number of para-hydroxylation sites is 3. The molecule has 0 unspecified atom stereocenters. The molecule has 4 heteroatoms. The summed E-state index contributed by atoms with van der Waals surface area (Å²) >= 11 is 0. The third-order valence-electron chi connectivity index (χ3n) is 6.10.